The Bertz CT molecular complexity index is 558. The minimum Gasteiger partial charge on any atom is -0.255 e. The van der Waals surface area contributed by atoms with Crippen molar-refractivity contribution in [3.63, 3.8) is 0 Å². The Balaban J connectivity index is 1.95. The molecule has 0 fully saturated rings. The highest BCUT2D eigenvalue weighted by molar-refractivity contribution is 5.65. The van der Waals surface area contributed by atoms with Gasteiger partial charge in [-0.3, -0.25) is 9.97 Å². The number of nitrogens with zero attached hydrogens (tertiary/aromatic N) is 2. The lowest BCUT2D eigenvalue weighted by molar-refractivity contribution is 1.25. The minimum absolute atomic E-state index is 0.891. The summed E-state index contributed by atoms with van der Waals surface area (Å²) in [5, 5.41) is 0. The molecule has 3 aromatic rings. The van der Waals surface area contributed by atoms with Gasteiger partial charge in [0.25, 0.3) is 0 Å². The highest BCUT2D eigenvalue weighted by atomic mass is 14.8. The molecule has 0 aliphatic heterocycles. The van der Waals surface area contributed by atoms with Crippen LogP contribution in [-0.2, 0) is 0 Å². The topological polar surface area (TPSA) is 25.8 Å². The zero-order chi connectivity index (χ0) is 12.2. The normalized spacial score (nSPS) is 10.2. The molecule has 85 valence electrons. The maximum Gasteiger partial charge on any atom is 0.0886 e. The third-order valence-corrected chi connectivity index (χ3v) is 2.74. The highest BCUT2D eigenvalue weighted by Gasteiger charge is 2.01. The van der Waals surface area contributed by atoms with E-state index in [0.29, 0.717) is 0 Å². The van der Waals surface area contributed by atoms with Crippen molar-refractivity contribution in [3.05, 3.63) is 73.1 Å². The lowest BCUT2D eigenvalue weighted by atomic mass is 10.1. The molecule has 0 bridgehead atoms. The molecule has 0 spiro atoms. The van der Waals surface area contributed by atoms with Crippen molar-refractivity contribution in [2.45, 2.75) is 0 Å². The largest absolute Gasteiger partial charge is 0.255 e. The Morgan fingerprint density at radius 3 is 2.22 bits per heavy atom. The molecule has 2 nitrogen and oxygen atoms in total. The molecule has 0 atom stereocenters. The fourth-order valence-electron chi connectivity index (χ4n) is 1.81. The van der Waals surface area contributed by atoms with E-state index in [0.717, 1.165) is 22.5 Å². The fourth-order valence-corrected chi connectivity index (χ4v) is 1.81. The standard InChI is InChI=1S/C16H11N2/c1-2-6-13(7-3-1)14-9-10-16(18-12-14)15-8-4-5-11-17-15/h2-12H. The van der Waals surface area contributed by atoms with Gasteiger partial charge in [-0.05, 0) is 29.8 Å². The van der Waals surface area contributed by atoms with Gasteiger partial charge >= 0.3 is 0 Å². The van der Waals surface area contributed by atoms with Gasteiger partial charge < -0.3 is 0 Å². The van der Waals surface area contributed by atoms with Crippen molar-refractivity contribution in [3.8, 4) is 22.5 Å². The molecule has 0 aliphatic rings. The van der Waals surface area contributed by atoms with Crippen LogP contribution >= 0.6 is 0 Å². The molecule has 3 rings (SSSR count). The third-order valence-electron chi connectivity index (χ3n) is 2.74. The summed E-state index contributed by atoms with van der Waals surface area (Å²) in [5.41, 5.74) is 4.03. The van der Waals surface area contributed by atoms with Crippen molar-refractivity contribution in [1.82, 2.24) is 9.97 Å². The van der Waals surface area contributed by atoms with Crippen molar-refractivity contribution in [2.24, 2.45) is 0 Å². The van der Waals surface area contributed by atoms with Crippen LogP contribution in [0.25, 0.3) is 22.5 Å². The smallest absolute Gasteiger partial charge is 0.0886 e. The summed E-state index contributed by atoms with van der Waals surface area (Å²) in [5.74, 6) is 0. The fraction of sp³-hybridized carbons (Fsp3) is 0. The summed E-state index contributed by atoms with van der Waals surface area (Å²) >= 11 is 0. The number of benzene rings is 1. The molecule has 1 radical (unpaired) electrons. The van der Waals surface area contributed by atoms with Gasteiger partial charge in [0.05, 0.1) is 11.4 Å². The molecule has 1 aromatic carbocycles. The molecule has 0 aliphatic carbocycles. The second-order valence-electron chi connectivity index (χ2n) is 3.94. The lowest BCUT2D eigenvalue weighted by Gasteiger charge is -2.03. The van der Waals surface area contributed by atoms with Gasteiger partial charge in [0.15, 0.2) is 0 Å². The summed E-state index contributed by atoms with van der Waals surface area (Å²) in [6.07, 6.45) is 3.65. The molecular formula is C16H11N2. The van der Waals surface area contributed by atoms with Gasteiger partial charge in [-0.1, -0.05) is 36.4 Å². The van der Waals surface area contributed by atoms with E-state index in [1.54, 1.807) is 6.20 Å². The van der Waals surface area contributed by atoms with Gasteiger partial charge in [0.1, 0.15) is 0 Å². The van der Waals surface area contributed by atoms with Crippen LogP contribution < -0.4 is 0 Å². The summed E-state index contributed by atoms with van der Waals surface area (Å²) < 4.78 is 0. The maximum atomic E-state index is 4.45. The quantitative estimate of drug-likeness (QED) is 0.673. The van der Waals surface area contributed by atoms with Gasteiger partial charge in [-0.15, -0.1) is 0 Å². The third kappa shape index (κ3) is 2.13. The Morgan fingerprint density at radius 2 is 1.56 bits per heavy atom. The lowest BCUT2D eigenvalue weighted by Crippen LogP contribution is -1.87. The zero-order valence-corrected chi connectivity index (χ0v) is 9.75. The van der Waals surface area contributed by atoms with Crippen LogP contribution in [0.15, 0.2) is 67.0 Å². The second kappa shape index (κ2) is 4.80. The molecule has 0 saturated heterocycles. The van der Waals surface area contributed by atoms with Crippen molar-refractivity contribution >= 4 is 0 Å². The van der Waals surface area contributed by atoms with E-state index in [1.165, 1.54) is 0 Å². The first-order chi connectivity index (χ1) is 8.93. The van der Waals surface area contributed by atoms with Gasteiger partial charge in [-0.25, -0.2) is 0 Å². The predicted molar refractivity (Wildman–Crippen MR) is 71.7 cm³/mol. The Hall–Kier alpha value is -2.48. The number of rotatable bonds is 2. The second-order valence-corrected chi connectivity index (χ2v) is 3.94. The van der Waals surface area contributed by atoms with E-state index in [1.807, 2.05) is 54.7 Å². The van der Waals surface area contributed by atoms with Gasteiger partial charge in [-0.2, -0.15) is 0 Å². The average molecular weight is 231 g/mol. The monoisotopic (exact) mass is 231 g/mol. The molecular weight excluding hydrogens is 220 g/mol. The predicted octanol–water partition coefficient (Wildman–Crippen LogP) is 3.61. The first kappa shape index (κ1) is 10.7. The maximum absolute atomic E-state index is 4.45. The first-order valence-corrected chi connectivity index (χ1v) is 5.77. The molecule has 18 heavy (non-hydrogen) atoms. The molecule has 0 unspecified atom stereocenters. The van der Waals surface area contributed by atoms with Crippen molar-refractivity contribution < 1.29 is 0 Å². The number of hydrogen-bond donors (Lipinski definition) is 0. The molecule has 0 amide bonds. The summed E-state index contributed by atoms with van der Waals surface area (Å²) in [6.45, 7) is 0. The van der Waals surface area contributed by atoms with Crippen LogP contribution in [0.5, 0.6) is 0 Å². The summed E-state index contributed by atoms with van der Waals surface area (Å²) in [7, 11) is 0. The zero-order valence-electron chi connectivity index (χ0n) is 9.75. The van der Waals surface area contributed by atoms with Crippen molar-refractivity contribution in [1.29, 1.82) is 0 Å². The molecule has 0 saturated carbocycles. The summed E-state index contributed by atoms with van der Waals surface area (Å²) in [6, 6.07) is 20.7. The van der Waals surface area contributed by atoms with Crippen LogP contribution in [0.1, 0.15) is 0 Å². The van der Waals surface area contributed by atoms with Gasteiger partial charge in [0.2, 0.25) is 0 Å². The first-order valence-electron chi connectivity index (χ1n) is 5.77. The number of hydrogen-bond acceptors (Lipinski definition) is 2. The molecule has 0 N–H and O–H groups in total. The van der Waals surface area contributed by atoms with Crippen LogP contribution in [0.4, 0.5) is 0 Å². The average Bonchev–Trinajstić information content (AvgIpc) is 2.49. The van der Waals surface area contributed by atoms with E-state index >= 15 is 0 Å². The number of aromatic nitrogens is 2. The Morgan fingerprint density at radius 1 is 0.722 bits per heavy atom. The van der Waals surface area contributed by atoms with Crippen molar-refractivity contribution in [2.75, 3.05) is 0 Å². The SMILES string of the molecule is [c]1ccc(-c2ccc(-c3ccccn3)nc2)cc1. The van der Waals surface area contributed by atoms with Crippen LogP contribution in [0, 0.1) is 6.07 Å². The van der Waals surface area contributed by atoms with E-state index in [-0.39, 0.29) is 0 Å². The number of pyridine rings is 2. The van der Waals surface area contributed by atoms with E-state index < -0.39 is 0 Å². The molecule has 2 heterocycles. The van der Waals surface area contributed by atoms with E-state index in [4.69, 9.17) is 0 Å². The van der Waals surface area contributed by atoms with E-state index in [2.05, 4.69) is 22.1 Å². The minimum atomic E-state index is 0.891. The molecule has 2 heteroatoms. The van der Waals surface area contributed by atoms with Crippen LogP contribution in [0.2, 0.25) is 0 Å². The molecule has 2 aromatic heterocycles. The van der Waals surface area contributed by atoms with Crippen LogP contribution in [0.3, 0.4) is 0 Å². The van der Waals surface area contributed by atoms with Crippen LogP contribution in [-0.4, -0.2) is 9.97 Å². The highest BCUT2D eigenvalue weighted by Crippen LogP contribution is 2.20. The summed E-state index contributed by atoms with van der Waals surface area (Å²) in [4.78, 5) is 8.74. The Kier molecular flexibility index (Phi) is 2.84. The van der Waals surface area contributed by atoms with Gasteiger partial charge in [0, 0.05) is 18.0 Å². The van der Waals surface area contributed by atoms with E-state index in [9.17, 15) is 0 Å². The Labute approximate surface area is 106 Å².